The molecule has 7 heteroatoms. The fourth-order valence-corrected chi connectivity index (χ4v) is 3.77. The van der Waals surface area contributed by atoms with E-state index in [1.165, 1.54) is 12.1 Å². The van der Waals surface area contributed by atoms with E-state index in [0.717, 1.165) is 36.1 Å². The van der Waals surface area contributed by atoms with Crippen LogP contribution in [0.5, 0.6) is 0 Å². The number of benzene rings is 2. The van der Waals surface area contributed by atoms with Crippen molar-refractivity contribution in [2.24, 2.45) is 5.92 Å². The van der Waals surface area contributed by atoms with Crippen LogP contribution < -0.4 is 0 Å². The molecule has 4 nitrogen and oxygen atoms in total. The van der Waals surface area contributed by atoms with Crippen molar-refractivity contribution in [2.75, 3.05) is 6.54 Å². The lowest BCUT2D eigenvalue weighted by Gasteiger charge is -2.28. The van der Waals surface area contributed by atoms with E-state index in [0.29, 0.717) is 31.5 Å². The number of esters is 1. The summed E-state index contributed by atoms with van der Waals surface area (Å²) in [6, 6.07) is 12.4. The first-order chi connectivity index (χ1) is 15.5. The normalized spacial score (nSPS) is 17.6. The summed E-state index contributed by atoms with van der Waals surface area (Å²) in [7, 11) is 0. The second-order valence-electron chi connectivity index (χ2n) is 9.11. The first kappa shape index (κ1) is 24.8. The molecule has 0 spiro atoms. The number of carbonyl (C=O) groups is 2. The Balaban J connectivity index is 1.69. The van der Waals surface area contributed by atoms with E-state index in [1.54, 1.807) is 4.90 Å². The molecule has 2 aromatic rings. The van der Waals surface area contributed by atoms with Gasteiger partial charge in [0.2, 0.25) is 5.91 Å². The average Bonchev–Trinajstić information content (AvgIpc) is 2.95. The van der Waals surface area contributed by atoms with Crippen molar-refractivity contribution in [1.82, 2.24) is 4.90 Å². The largest absolute Gasteiger partial charge is 0.459 e. The summed E-state index contributed by atoms with van der Waals surface area (Å²) in [5.41, 5.74) is 1.07. The maximum Gasteiger partial charge on any atom is 0.416 e. The topological polar surface area (TPSA) is 46.6 Å². The Morgan fingerprint density at radius 3 is 2.12 bits per heavy atom. The number of hydrogen-bond acceptors (Lipinski definition) is 3. The minimum absolute atomic E-state index is 0.212. The van der Waals surface area contributed by atoms with Crippen LogP contribution in [-0.2, 0) is 27.0 Å². The summed E-state index contributed by atoms with van der Waals surface area (Å²) in [5.74, 6) is -1.46. The summed E-state index contributed by atoms with van der Waals surface area (Å²) in [5, 5.41) is 0. The number of nitrogens with zero attached hydrogens (tertiary/aromatic N) is 1. The molecule has 33 heavy (non-hydrogen) atoms. The highest BCUT2D eigenvalue weighted by molar-refractivity contribution is 5.98. The van der Waals surface area contributed by atoms with Gasteiger partial charge in [-0.2, -0.15) is 13.2 Å². The molecule has 1 saturated heterocycles. The van der Waals surface area contributed by atoms with Crippen LogP contribution >= 0.6 is 0 Å². The fourth-order valence-electron chi connectivity index (χ4n) is 3.77. The monoisotopic (exact) mass is 461 g/mol. The maximum absolute atomic E-state index is 13.1. The lowest BCUT2D eigenvalue weighted by molar-refractivity contribution is -0.166. The van der Waals surface area contributed by atoms with Crippen molar-refractivity contribution in [3.05, 3.63) is 59.7 Å². The van der Waals surface area contributed by atoms with Gasteiger partial charge in [0.15, 0.2) is 0 Å². The SMILES string of the molecule is CCC(C)(C)OC(=O)C1CCCCN(Cc2ccc(-c3ccc(C(F)(F)F)cc3)cc2)C1=O. The molecule has 1 aliphatic heterocycles. The van der Waals surface area contributed by atoms with Crippen LogP contribution in [0.3, 0.4) is 0 Å². The highest BCUT2D eigenvalue weighted by Crippen LogP contribution is 2.31. The highest BCUT2D eigenvalue weighted by atomic mass is 19.4. The van der Waals surface area contributed by atoms with Crippen molar-refractivity contribution >= 4 is 11.9 Å². The van der Waals surface area contributed by atoms with Gasteiger partial charge in [0.1, 0.15) is 11.5 Å². The Hall–Kier alpha value is -2.83. The molecule has 2 aromatic carbocycles. The second kappa shape index (κ2) is 9.98. The standard InChI is InChI=1S/C26H30F3NO3/c1-4-25(2,3)33-24(32)22-7-5-6-16-30(23(22)31)17-18-8-10-19(11-9-18)20-12-14-21(15-13-20)26(27,28)29/h8-15,22H,4-7,16-17H2,1-3H3. The van der Waals surface area contributed by atoms with Crippen LogP contribution in [0, 0.1) is 5.92 Å². The third kappa shape index (κ3) is 6.36. The number of amides is 1. The molecule has 1 aliphatic rings. The van der Waals surface area contributed by atoms with Crippen molar-refractivity contribution < 1.29 is 27.5 Å². The van der Waals surface area contributed by atoms with Crippen molar-refractivity contribution in [3.8, 4) is 11.1 Å². The van der Waals surface area contributed by atoms with Gasteiger partial charge in [-0.05, 0) is 61.9 Å². The number of hydrogen-bond donors (Lipinski definition) is 0. The third-order valence-electron chi connectivity index (χ3n) is 6.17. The van der Waals surface area contributed by atoms with Gasteiger partial charge >= 0.3 is 12.1 Å². The summed E-state index contributed by atoms with van der Waals surface area (Å²) >= 11 is 0. The first-order valence-corrected chi connectivity index (χ1v) is 11.3. The Morgan fingerprint density at radius 2 is 1.58 bits per heavy atom. The van der Waals surface area contributed by atoms with Crippen LogP contribution in [0.2, 0.25) is 0 Å². The molecule has 3 rings (SSSR count). The van der Waals surface area contributed by atoms with E-state index in [9.17, 15) is 22.8 Å². The summed E-state index contributed by atoms with van der Waals surface area (Å²) in [6.45, 7) is 6.54. The minimum atomic E-state index is -4.36. The molecule has 0 N–H and O–H groups in total. The maximum atomic E-state index is 13.1. The molecule has 0 bridgehead atoms. The second-order valence-corrected chi connectivity index (χ2v) is 9.11. The molecule has 0 aromatic heterocycles. The lowest BCUT2D eigenvalue weighted by Crippen LogP contribution is -2.40. The molecular formula is C26H30F3NO3. The zero-order chi connectivity index (χ0) is 24.2. The van der Waals surface area contributed by atoms with Crippen LogP contribution in [0.15, 0.2) is 48.5 Å². The quantitative estimate of drug-likeness (QED) is 0.378. The third-order valence-corrected chi connectivity index (χ3v) is 6.17. The van der Waals surface area contributed by atoms with Gasteiger partial charge in [0.25, 0.3) is 0 Å². The first-order valence-electron chi connectivity index (χ1n) is 11.3. The predicted molar refractivity (Wildman–Crippen MR) is 120 cm³/mol. The zero-order valence-electron chi connectivity index (χ0n) is 19.2. The van der Waals surface area contributed by atoms with Gasteiger partial charge < -0.3 is 9.64 Å². The summed E-state index contributed by atoms with van der Waals surface area (Å²) < 4.78 is 43.9. The summed E-state index contributed by atoms with van der Waals surface area (Å²) in [4.78, 5) is 27.5. The van der Waals surface area contributed by atoms with Crippen LogP contribution in [-0.4, -0.2) is 28.9 Å². The molecule has 1 atom stereocenters. The van der Waals surface area contributed by atoms with Crippen molar-refractivity contribution in [1.29, 1.82) is 0 Å². The van der Waals surface area contributed by atoms with Crippen molar-refractivity contribution in [2.45, 2.75) is 64.8 Å². The molecule has 0 radical (unpaired) electrons. The van der Waals surface area contributed by atoms with E-state index in [2.05, 4.69) is 0 Å². The van der Waals surface area contributed by atoms with Crippen LogP contribution in [0.25, 0.3) is 11.1 Å². The number of rotatable bonds is 6. The predicted octanol–water partition coefficient (Wildman–Crippen LogP) is 6.23. The van der Waals surface area contributed by atoms with Crippen LogP contribution in [0.4, 0.5) is 13.2 Å². The van der Waals surface area contributed by atoms with Crippen LogP contribution in [0.1, 0.15) is 57.6 Å². The number of likely N-dealkylation sites (tertiary alicyclic amines) is 1. The van der Waals surface area contributed by atoms with Gasteiger partial charge in [-0.15, -0.1) is 0 Å². The van der Waals surface area contributed by atoms with Crippen molar-refractivity contribution in [3.63, 3.8) is 0 Å². The van der Waals surface area contributed by atoms with Gasteiger partial charge in [-0.25, -0.2) is 0 Å². The molecule has 1 unspecified atom stereocenters. The molecule has 1 fully saturated rings. The Morgan fingerprint density at radius 1 is 1.00 bits per heavy atom. The Kier molecular flexibility index (Phi) is 7.50. The van der Waals surface area contributed by atoms with E-state index in [1.807, 2.05) is 45.0 Å². The fraction of sp³-hybridized carbons (Fsp3) is 0.462. The Labute approximate surface area is 192 Å². The molecule has 0 saturated carbocycles. The number of alkyl halides is 3. The molecule has 1 amide bonds. The van der Waals surface area contributed by atoms with Gasteiger partial charge in [-0.3, -0.25) is 9.59 Å². The van der Waals surface area contributed by atoms with E-state index >= 15 is 0 Å². The molecule has 0 aliphatic carbocycles. The van der Waals surface area contributed by atoms with Gasteiger partial charge in [-0.1, -0.05) is 49.7 Å². The van der Waals surface area contributed by atoms with E-state index in [-0.39, 0.29) is 5.91 Å². The van der Waals surface area contributed by atoms with E-state index in [4.69, 9.17) is 4.74 Å². The number of halogens is 3. The van der Waals surface area contributed by atoms with E-state index < -0.39 is 29.2 Å². The number of ether oxygens (including phenoxy) is 1. The summed E-state index contributed by atoms with van der Waals surface area (Å²) in [6.07, 6.45) is -1.62. The minimum Gasteiger partial charge on any atom is -0.459 e. The highest BCUT2D eigenvalue weighted by Gasteiger charge is 2.36. The molecular weight excluding hydrogens is 431 g/mol. The Bertz CT molecular complexity index is 966. The van der Waals surface area contributed by atoms with Gasteiger partial charge in [0.05, 0.1) is 5.56 Å². The number of carbonyl (C=O) groups excluding carboxylic acids is 2. The lowest BCUT2D eigenvalue weighted by atomic mass is 10.0. The molecule has 1 heterocycles. The average molecular weight is 462 g/mol. The molecule has 178 valence electrons. The zero-order valence-corrected chi connectivity index (χ0v) is 19.2. The smallest absolute Gasteiger partial charge is 0.416 e. The van der Waals surface area contributed by atoms with Gasteiger partial charge in [0, 0.05) is 13.1 Å².